The predicted octanol–water partition coefficient (Wildman–Crippen LogP) is 3.31. The Hall–Kier alpha value is -1.28. The summed E-state index contributed by atoms with van der Waals surface area (Å²) in [5.74, 6) is 0. The SMILES string of the molecule is CC(C)(C)N=CC=NC(C)(C)C.N#C/C=C\C#N.[Pd]. The number of nitriles is 2. The van der Waals surface area contributed by atoms with Gasteiger partial charge in [-0.25, -0.2) is 0 Å². The summed E-state index contributed by atoms with van der Waals surface area (Å²) in [7, 11) is 0. The molecule has 0 radical (unpaired) electrons. The zero-order valence-corrected chi connectivity index (χ0v) is 14.0. The molecule has 0 heterocycles. The third-order valence-electron chi connectivity index (χ3n) is 1.22. The van der Waals surface area contributed by atoms with Crippen molar-refractivity contribution in [2.45, 2.75) is 52.6 Å². The van der Waals surface area contributed by atoms with Crippen molar-refractivity contribution in [1.29, 1.82) is 10.5 Å². The summed E-state index contributed by atoms with van der Waals surface area (Å²) in [6.45, 7) is 12.4. The molecule has 0 aromatic carbocycles. The predicted molar refractivity (Wildman–Crippen MR) is 76.9 cm³/mol. The number of allylic oxidation sites excluding steroid dienone is 2. The molecule has 0 unspecified atom stereocenters. The Labute approximate surface area is 130 Å². The second-order valence-electron chi connectivity index (χ2n) is 5.49. The molecule has 5 heteroatoms. The summed E-state index contributed by atoms with van der Waals surface area (Å²) in [6, 6.07) is 3.33. The van der Waals surface area contributed by atoms with E-state index < -0.39 is 0 Å². The molecular formula is C14H22N4Pd. The van der Waals surface area contributed by atoms with Gasteiger partial charge in [-0.15, -0.1) is 0 Å². The first-order valence-electron chi connectivity index (χ1n) is 5.65. The second kappa shape index (κ2) is 11.8. The molecule has 0 rings (SSSR count). The van der Waals surface area contributed by atoms with Gasteiger partial charge in [-0.1, -0.05) is 0 Å². The minimum Gasteiger partial charge on any atom is -0.286 e. The third-order valence-corrected chi connectivity index (χ3v) is 1.22. The van der Waals surface area contributed by atoms with Crippen molar-refractivity contribution in [3.05, 3.63) is 12.2 Å². The summed E-state index contributed by atoms with van der Waals surface area (Å²) in [6.07, 6.45) is 5.79. The van der Waals surface area contributed by atoms with E-state index in [1.54, 1.807) is 24.6 Å². The van der Waals surface area contributed by atoms with Crippen LogP contribution >= 0.6 is 0 Å². The van der Waals surface area contributed by atoms with Crippen molar-refractivity contribution in [2.75, 3.05) is 0 Å². The Morgan fingerprint density at radius 3 is 1.16 bits per heavy atom. The van der Waals surface area contributed by atoms with E-state index in [1.165, 1.54) is 0 Å². The van der Waals surface area contributed by atoms with Crippen LogP contribution in [0, 0.1) is 22.7 Å². The second-order valence-corrected chi connectivity index (χ2v) is 5.49. The van der Waals surface area contributed by atoms with Gasteiger partial charge in [-0.3, -0.25) is 9.98 Å². The monoisotopic (exact) mass is 352 g/mol. The van der Waals surface area contributed by atoms with Crippen LogP contribution in [0.3, 0.4) is 0 Å². The van der Waals surface area contributed by atoms with Crippen LogP contribution in [0.2, 0.25) is 0 Å². The van der Waals surface area contributed by atoms with Crippen molar-refractivity contribution in [3.8, 4) is 12.1 Å². The molecule has 0 aliphatic rings. The van der Waals surface area contributed by atoms with E-state index in [4.69, 9.17) is 10.5 Å². The van der Waals surface area contributed by atoms with Crippen molar-refractivity contribution in [1.82, 2.24) is 0 Å². The fourth-order valence-electron chi connectivity index (χ4n) is 0.588. The molecule has 108 valence electrons. The molecule has 0 bridgehead atoms. The Balaban J connectivity index is -0.000000313. The number of nitrogens with zero attached hydrogens (tertiary/aromatic N) is 4. The van der Waals surface area contributed by atoms with Gasteiger partial charge in [0.1, 0.15) is 0 Å². The van der Waals surface area contributed by atoms with Crippen LogP contribution in [-0.2, 0) is 20.4 Å². The van der Waals surface area contributed by atoms with Gasteiger partial charge in [-0.05, 0) is 41.5 Å². The van der Waals surface area contributed by atoms with Gasteiger partial charge in [0.25, 0.3) is 0 Å². The first-order chi connectivity index (χ1) is 8.12. The van der Waals surface area contributed by atoms with Crippen molar-refractivity contribution in [2.24, 2.45) is 9.98 Å². The average Bonchev–Trinajstić information content (AvgIpc) is 2.20. The van der Waals surface area contributed by atoms with Crippen LogP contribution in [0.15, 0.2) is 22.1 Å². The molecular weight excluding hydrogens is 331 g/mol. The molecule has 0 amide bonds. The van der Waals surface area contributed by atoms with E-state index in [-0.39, 0.29) is 31.5 Å². The van der Waals surface area contributed by atoms with Crippen LogP contribution in [0.4, 0.5) is 0 Å². The maximum Gasteiger partial charge on any atom is 0.0919 e. The molecule has 0 saturated carbocycles. The molecule has 0 aliphatic carbocycles. The molecule has 0 spiro atoms. The summed E-state index contributed by atoms with van der Waals surface area (Å²) >= 11 is 0. The average molecular weight is 353 g/mol. The van der Waals surface area contributed by atoms with Crippen LogP contribution in [0.1, 0.15) is 41.5 Å². The summed E-state index contributed by atoms with van der Waals surface area (Å²) in [4.78, 5) is 8.57. The molecule has 4 nitrogen and oxygen atoms in total. The van der Waals surface area contributed by atoms with Crippen LogP contribution < -0.4 is 0 Å². The standard InChI is InChI=1S/C10H20N2.C4H2N2.Pd/c1-9(2,3)11-7-8-12-10(4,5)6;5-3-1-2-4-6;/h7-8H,1-6H3;1-2H;/b;2-1-;. The van der Waals surface area contributed by atoms with Crippen LogP contribution in [-0.4, -0.2) is 23.5 Å². The van der Waals surface area contributed by atoms with Gasteiger partial charge in [0.2, 0.25) is 0 Å². The quantitative estimate of drug-likeness (QED) is 0.412. The molecule has 0 N–H and O–H groups in total. The van der Waals surface area contributed by atoms with E-state index in [2.05, 4.69) is 51.5 Å². The zero-order valence-electron chi connectivity index (χ0n) is 12.4. The maximum absolute atomic E-state index is 7.71. The number of hydrogen-bond donors (Lipinski definition) is 0. The smallest absolute Gasteiger partial charge is 0.0919 e. The zero-order chi connectivity index (χ0) is 14.7. The first kappa shape index (κ1) is 22.9. The van der Waals surface area contributed by atoms with Gasteiger partial charge in [-0.2, -0.15) is 10.5 Å². The summed E-state index contributed by atoms with van der Waals surface area (Å²) < 4.78 is 0. The number of rotatable bonds is 1. The molecule has 0 saturated heterocycles. The third kappa shape index (κ3) is 31.5. The molecule has 0 aliphatic heterocycles. The van der Waals surface area contributed by atoms with E-state index >= 15 is 0 Å². The van der Waals surface area contributed by atoms with E-state index in [1.807, 2.05) is 0 Å². The number of aliphatic imine (C=N–C) groups is 2. The van der Waals surface area contributed by atoms with Crippen molar-refractivity contribution in [3.63, 3.8) is 0 Å². The van der Waals surface area contributed by atoms with Crippen molar-refractivity contribution < 1.29 is 20.4 Å². The van der Waals surface area contributed by atoms with E-state index in [9.17, 15) is 0 Å². The normalized spacial score (nSPS) is 11.6. The molecule has 19 heavy (non-hydrogen) atoms. The largest absolute Gasteiger partial charge is 0.286 e. The number of hydrogen-bond acceptors (Lipinski definition) is 4. The molecule has 0 aromatic heterocycles. The van der Waals surface area contributed by atoms with E-state index in [0.717, 1.165) is 12.2 Å². The van der Waals surface area contributed by atoms with Crippen LogP contribution in [0.25, 0.3) is 0 Å². The van der Waals surface area contributed by atoms with Crippen LogP contribution in [0.5, 0.6) is 0 Å². The minimum atomic E-state index is 0. The Morgan fingerprint density at radius 2 is 1.00 bits per heavy atom. The molecule has 0 atom stereocenters. The molecule has 0 aromatic rings. The summed E-state index contributed by atoms with van der Waals surface area (Å²) in [5.41, 5.74) is 0.00775. The van der Waals surface area contributed by atoms with Gasteiger partial charge in [0.15, 0.2) is 0 Å². The molecule has 0 fully saturated rings. The fraction of sp³-hybridized carbons (Fsp3) is 0.571. The minimum absolute atomic E-state index is 0. The maximum atomic E-state index is 7.71. The van der Waals surface area contributed by atoms with Gasteiger partial charge in [0.05, 0.1) is 23.2 Å². The van der Waals surface area contributed by atoms with E-state index in [0.29, 0.717) is 0 Å². The fourth-order valence-corrected chi connectivity index (χ4v) is 0.588. The van der Waals surface area contributed by atoms with Gasteiger partial charge < -0.3 is 0 Å². The Kier molecular flexibility index (Phi) is 14.2. The first-order valence-corrected chi connectivity index (χ1v) is 5.65. The van der Waals surface area contributed by atoms with Gasteiger partial charge in [0, 0.05) is 45.0 Å². The van der Waals surface area contributed by atoms with Crippen molar-refractivity contribution >= 4 is 12.4 Å². The van der Waals surface area contributed by atoms with Gasteiger partial charge >= 0.3 is 0 Å². The Morgan fingerprint density at radius 1 is 0.737 bits per heavy atom. The Bertz CT molecular complexity index is 344. The topological polar surface area (TPSA) is 72.3 Å². The summed E-state index contributed by atoms with van der Waals surface area (Å²) in [5, 5.41) is 15.4.